The number of rotatable bonds is 4. The SMILES string of the molecule is COc1cc(NC(=O)CCl)ccc1N1CCCC1=O. The molecule has 5 nitrogen and oxygen atoms in total. The lowest BCUT2D eigenvalue weighted by molar-refractivity contribution is -0.117. The minimum atomic E-state index is -0.284. The molecule has 1 aromatic carbocycles. The zero-order chi connectivity index (χ0) is 13.8. The standard InChI is InChI=1S/C13H15ClN2O3/c1-19-11-7-9(15-12(17)8-14)4-5-10(11)16-6-2-3-13(16)18/h4-5,7H,2-3,6,8H2,1H3,(H,15,17). The minimum absolute atomic E-state index is 0.0934. The van der Waals surface area contributed by atoms with Gasteiger partial charge in [-0.1, -0.05) is 0 Å². The summed E-state index contributed by atoms with van der Waals surface area (Å²) in [5.41, 5.74) is 1.33. The number of ether oxygens (including phenoxy) is 1. The van der Waals surface area contributed by atoms with Gasteiger partial charge in [0.25, 0.3) is 0 Å². The van der Waals surface area contributed by atoms with E-state index >= 15 is 0 Å². The number of hydrogen-bond acceptors (Lipinski definition) is 3. The number of carbonyl (C=O) groups excluding carboxylic acids is 2. The Morgan fingerprint density at radius 3 is 2.89 bits per heavy atom. The van der Waals surface area contributed by atoms with E-state index in [4.69, 9.17) is 16.3 Å². The summed E-state index contributed by atoms with van der Waals surface area (Å²) < 4.78 is 5.28. The summed E-state index contributed by atoms with van der Waals surface area (Å²) in [5, 5.41) is 2.64. The van der Waals surface area contributed by atoms with E-state index in [9.17, 15) is 9.59 Å². The van der Waals surface area contributed by atoms with Crippen LogP contribution in [-0.4, -0.2) is 31.3 Å². The van der Waals surface area contributed by atoms with E-state index in [0.717, 1.165) is 12.1 Å². The number of methoxy groups -OCH3 is 1. The second kappa shape index (κ2) is 5.93. The molecule has 1 heterocycles. The van der Waals surface area contributed by atoms with E-state index in [-0.39, 0.29) is 17.7 Å². The third-order valence-corrected chi connectivity index (χ3v) is 3.19. The van der Waals surface area contributed by atoms with Crippen LogP contribution >= 0.6 is 11.6 Å². The molecular weight excluding hydrogens is 268 g/mol. The second-order valence-corrected chi connectivity index (χ2v) is 4.48. The molecule has 1 N–H and O–H groups in total. The zero-order valence-corrected chi connectivity index (χ0v) is 11.4. The molecule has 0 spiro atoms. The maximum atomic E-state index is 11.7. The predicted molar refractivity (Wildman–Crippen MR) is 73.9 cm³/mol. The van der Waals surface area contributed by atoms with Gasteiger partial charge in [-0.05, 0) is 18.6 Å². The quantitative estimate of drug-likeness (QED) is 0.859. The molecule has 0 bridgehead atoms. The van der Waals surface area contributed by atoms with Crippen LogP contribution in [-0.2, 0) is 9.59 Å². The highest BCUT2D eigenvalue weighted by atomic mass is 35.5. The molecule has 2 amide bonds. The summed E-state index contributed by atoms with van der Waals surface area (Å²) in [5.74, 6) is 0.265. The molecule has 2 rings (SSSR count). The first kappa shape index (κ1) is 13.7. The first-order chi connectivity index (χ1) is 9.15. The van der Waals surface area contributed by atoms with Crippen molar-refractivity contribution in [3.63, 3.8) is 0 Å². The molecule has 19 heavy (non-hydrogen) atoms. The van der Waals surface area contributed by atoms with Crippen LogP contribution in [0.25, 0.3) is 0 Å². The first-order valence-corrected chi connectivity index (χ1v) is 6.53. The molecule has 102 valence electrons. The van der Waals surface area contributed by atoms with E-state index in [2.05, 4.69) is 5.32 Å². The van der Waals surface area contributed by atoms with Gasteiger partial charge in [0, 0.05) is 24.7 Å². The van der Waals surface area contributed by atoms with E-state index in [1.165, 1.54) is 7.11 Å². The van der Waals surface area contributed by atoms with Crippen molar-refractivity contribution in [2.75, 3.05) is 29.8 Å². The van der Waals surface area contributed by atoms with Gasteiger partial charge in [-0.3, -0.25) is 9.59 Å². The molecule has 0 saturated carbocycles. The lowest BCUT2D eigenvalue weighted by atomic mass is 10.2. The van der Waals surface area contributed by atoms with Crippen LogP contribution in [0.2, 0.25) is 0 Å². The Bertz CT molecular complexity index is 505. The Labute approximate surface area is 116 Å². The monoisotopic (exact) mass is 282 g/mol. The van der Waals surface area contributed by atoms with Crippen molar-refractivity contribution >= 4 is 34.8 Å². The molecule has 0 radical (unpaired) electrons. The van der Waals surface area contributed by atoms with Gasteiger partial charge in [0.2, 0.25) is 11.8 Å². The van der Waals surface area contributed by atoms with Crippen molar-refractivity contribution in [2.45, 2.75) is 12.8 Å². The number of nitrogens with one attached hydrogen (secondary N) is 1. The Kier molecular flexibility index (Phi) is 4.27. The van der Waals surface area contributed by atoms with Crippen LogP contribution < -0.4 is 15.0 Å². The molecular formula is C13H15ClN2O3. The predicted octanol–water partition coefficient (Wildman–Crippen LogP) is 2.00. The van der Waals surface area contributed by atoms with Crippen LogP contribution in [0, 0.1) is 0 Å². The summed E-state index contributed by atoms with van der Waals surface area (Å²) in [4.78, 5) is 24.7. The van der Waals surface area contributed by atoms with Crippen LogP contribution in [0.1, 0.15) is 12.8 Å². The number of nitrogens with zero attached hydrogens (tertiary/aromatic N) is 1. The molecule has 1 aliphatic rings. The van der Waals surface area contributed by atoms with Gasteiger partial charge in [-0.25, -0.2) is 0 Å². The smallest absolute Gasteiger partial charge is 0.239 e. The van der Waals surface area contributed by atoms with Gasteiger partial charge in [-0.2, -0.15) is 0 Å². The number of amides is 2. The van der Waals surface area contributed by atoms with E-state index in [1.807, 2.05) is 0 Å². The fourth-order valence-corrected chi connectivity index (χ4v) is 2.14. The van der Waals surface area contributed by atoms with E-state index in [1.54, 1.807) is 23.1 Å². The molecule has 1 aliphatic heterocycles. The number of halogens is 1. The number of hydrogen-bond donors (Lipinski definition) is 1. The summed E-state index contributed by atoms with van der Waals surface area (Å²) in [6.45, 7) is 0.697. The molecule has 1 aromatic rings. The van der Waals surface area contributed by atoms with Gasteiger partial charge < -0.3 is 15.0 Å². The van der Waals surface area contributed by atoms with Crippen molar-refractivity contribution in [1.29, 1.82) is 0 Å². The Morgan fingerprint density at radius 2 is 2.32 bits per heavy atom. The normalized spacial score (nSPS) is 14.6. The zero-order valence-electron chi connectivity index (χ0n) is 10.6. The number of alkyl halides is 1. The highest BCUT2D eigenvalue weighted by molar-refractivity contribution is 6.29. The molecule has 0 atom stereocenters. The second-order valence-electron chi connectivity index (χ2n) is 4.22. The van der Waals surface area contributed by atoms with Gasteiger partial charge in [0.15, 0.2) is 0 Å². The third kappa shape index (κ3) is 2.98. The molecule has 1 saturated heterocycles. The minimum Gasteiger partial charge on any atom is -0.494 e. The average molecular weight is 283 g/mol. The van der Waals surface area contributed by atoms with Crippen molar-refractivity contribution < 1.29 is 14.3 Å². The van der Waals surface area contributed by atoms with E-state index < -0.39 is 0 Å². The number of benzene rings is 1. The molecule has 6 heteroatoms. The first-order valence-electron chi connectivity index (χ1n) is 6.00. The lowest BCUT2D eigenvalue weighted by Gasteiger charge is -2.19. The molecule has 0 aromatic heterocycles. The summed E-state index contributed by atoms with van der Waals surface area (Å²) in [6, 6.07) is 5.19. The Morgan fingerprint density at radius 1 is 1.53 bits per heavy atom. The third-order valence-electron chi connectivity index (χ3n) is 2.95. The number of anilines is 2. The fourth-order valence-electron chi connectivity index (χ4n) is 2.08. The van der Waals surface area contributed by atoms with Gasteiger partial charge >= 0.3 is 0 Å². The van der Waals surface area contributed by atoms with Gasteiger partial charge in [0.05, 0.1) is 12.8 Å². The summed E-state index contributed by atoms with van der Waals surface area (Å²) in [7, 11) is 1.53. The van der Waals surface area contributed by atoms with E-state index in [0.29, 0.717) is 24.4 Å². The van der Waals surface area contributed by atoms with Crippen molar-refractivity contribution in [1.82, 2.24) is 0 Å². The van der Waals surface area contributed by atoms with Crippen LogP contribution in [0.4, 0.5) is 11.4 Å². The number of carbonyl (C=O) groups is 2. The maximum absolute atomic E-state index is 11.7. The van der Waals surface area contributed by atoms with Crippen LogP contribution in [0.5, 0.6) is 5.75 Å². The van der Waals surface area contributed by atoms with Crippen molar-refractivity contribution in [3.05, 3.63) is 18.2 Å². The Balaban J connectivity index is 2.26. The molecule has 1 fully saturated rings. The van der Waals surface area contributed by atoms with Gasteiger partial charge in [0.1, 0.15) is 11.6 Å². The average Bonchev–Trinajstić information content (AvgIpc) is 2.84. The largest absolute Gasteiger partial charge is 0.494 e. The highest BCUT2D eigenvalue weighted by Gasteiger charge is 2.24. The van der Waals surface area contributed by atoms with Crippen molar-refractivity contribution in [3.8, 4) is 5.75 Å². The Hall–Kier alpha value is -1.75. The topological polar surface area (TPSA) is 58.6 Å². The van der Waals surface area contributed by atoms with Crippen molar-refractivity contribution in [2.24, 2.45) is 0 Å². The summed E-state index contributed by atoms with van der Waals surface area (Å²) in [6.07, 6.45) is 1.42. The van der Waals surface area contributed by atoms with Crippen LogP contribution in [0.15, 0.2) is 18.2 Å². The summed E-state index contributed by atoms with van der Waals surface area (Å²) >= 11 is 5.43. The van der Waals surface area contributed by atoms with Crippen LogP contribution in [0.3, 0.4) is 0 Å². The lowest BCUT2D eigenvalue weighted by Crippen LogP contribution is -2.24. The highest BCUT2D eigenvalue weighted by Crippen LogP contribution is 2.33. The molecule has 0 unspecified atom stereocenters. The maximum Gasteiger partial charge on any atom is 0.239 e. The fraction of sp³-hybridized carbons (Fsp3) is 0.385. The molecule has 0 aliphatic carbocycles. The van der Waals surface area contributed by atoms with Gasteiger partial charge in [-0.15, -0.1) is 11.6 Å².